The Kier molecular flexibility index (Phi) is 4.86. The quantitative estimate of drug-likeness (QED) is 0.910. The van der Waals surface area contributed by atoms with Gasteiger partial charge < -0.3 is 15.0 Å². The van der Waals surface area contributed by atoms with E-state index < -0.39 is 0 Å². The molecule has 1 aliphatic heterocycles. The van der Waals surface area contributed by atoms with Crippen molar-refractivity contribution in [1.82, 2.24) is 9.97 Å². The summed E-state index contributed by atoms with van der Waals surface area (Å²) in [5.74, 6) is 2.41. The molecule has 6 heteroatoms. The van der Waals surface area contributed by atoms with Gasteiger partial charge in [0, 0.05) is 30.2 Å². The maximum Gasteiger partial charge on any atom is 0.143 e. The van der Waals surface area contributed by atoms with Crippen molar-refractivity contribution in [2.24, 2.45) is 0 Å². The Morgan fingerprint density at radius 2 is 1.91 bits per heavy atom. The van der Waals surface area contributed by atoms with Crippen molar-refractivity contribution in [3.05, 3.63) is 35.1 Å². The zero-order chi connectivity index (χ0) is 16.2. The number of methoxy groups -OCH3 is 1. The first-order valence-corrected chi connectivity index (χ1v) is 8.23. The van der Waals surface area contributed by atoms with Crippen LogP contribution < -0.4 is 15.0 Å². The first-order chi connectivity index (χ1) is 11.2. The third-order valence-corrected chi connectivity index (χ3v) is 4.48. The number of ether oxygens (including phenoxy) is 1. The van der Waals surface area contributed by atoms with Crippen LogP contribution in [0, 0.1) is 6.92 Å². The topological polar surface area (TPSA) is 50.3 Å². The summed E-state index contributed by atoms with van der Waals surface area (Å²) in [6, 6.07) is 5.75. The van der Waals surface area contributed by atoms with Crippen molar-refractivity contribution in [1.29, 1.82) is 0 Å². The van der Waals surface area contributed by atoms with Crippen LogP contribution in [-0.2, 0) is 0 Å². The molecule has 1 aromatic carbocycles. The lowest BCUT2D eigenvalue weighted by molar-refractivity contribution is 0.416. The molecule has 1 aromatic heterocycles. The standard InChI is InChI=1S/C17H21ClN4O/c1-12-8-14(15(23-2)9-13(12)18)21-16-10-17(20-11-19-16)22-6-4-3-5-7-22/h8-11H,3-7H2,1-2H3,(H,19,20,21). The van der Waals surface area contributed by atoms with Crippen LogP contribution >= 0.6 is 11.6 Å². The number of halogens is 1. The number of aryl methyl sites for hydroxylation is 1. The third kappa shape index (κ3) is 3.67. The lowest BCUT2D eigenvalue weighted by Gasteiger charge is -2.27. The highest BCUT2D eigenvalue weighted by Gasteiger charge is 2.14. The van der Waals surface area contributed by atoms with E-state index in [0.29, 0.717) is 10.8 Å². The van der Waals surface area contributed by atoms with E-state index in [9.17, 15) is 0 Å². The summed E-state index contributed by atoms with van der Waals surface area (Å²) in [6.45, 7) is 4.08. The minimum atomic E-state index is 0.684. The normalized spacial score (nSPS) is 14.7. The molecular formula is C17H21ClN4O. The van der Waals surface area contributed by atoms with E-state index >= 15 is 0 Å². The van der Waals surface area contributed by atoms with E-state index in [0.717, 1.165) is 36.0 Å². The smallest absolute Gasteiger partial charge is 0.143 e. The molecule has 2 heterocycles. The van der Waals surface area contributed by atoms with Gasteiger partial charge in [0.2, 0.25) is 0 Å². The fraction of sp³-hybridized carbons (Fsp3) is 0.412. The van der Waals surface area contributed by atoms with Crippen LogP contribution in [-0.4, -0.2) is 30.2 Å². The van der Waals surface area contributed by atoms with Gasteiger partial charge in [0.25, 0.3) is 0 Å². The molecule has 23 heavy (non-hydrogen) atoms. The van der Waals surface area contributed by atoms with E-state index in [-0.39, 0.29) is 0 Å². The summed E-state index contributed by atoms with van der Waals surface area (Å²) >= 11 is 6.15. The average molecular weight is 333 g/mol. The van der Waals surface area contributed by atoms with Crippen LogP contribution in [0.3, 0.4) is 0 Å². The van der Waals surface area contributed by atoms with Crippen LogP contribution in [0.1, 0.15) is 24.8 Å². The Morgan fingerprint density at radius 1 is 1.13 bits per heavy atom. The van der Waals surface area contributed by atoms with Gasteiger partial charge in [0.05, 0.1) is 12.8 Å². The fourth-order valence-corrected chi connectivity index (χ4v) is 2.93. The number of benzene rings is 1. The molecule has 1 N–H and O–H groups in total. The molecular weight excluding hydrogens is 312 g/mol. The second kappa shape index (κ2) is 7.04. The molecule has 0 aliphatic carbocycles. The molecule has 1 saturated heterocycles. The second-order valence-electron chi connectivity index (χ2n) is 5.74. The van der Waals surface area contributed by atoms with E-state index in [1.807, 2.05) is 25.1 Å². The van der Waals surface area contributed by atoms with Gasteiger partial charge in [-0.25, -0.2) is 9.97 Å². The van der Waals surface area contributed by atoms with Gasteiger partial charge in [-0.1, -0.05) is 11.6 Å². The van der Waals surface area contributed by atoms with E-state index in [4.69, 9.17) is 16.3 Å². The van der Waals surface area contributed by atoms with Gasteiger partial charge >= 0.3 is 0 Å². The lowest BCUT2D eigenvalue weighted by Crippen LogP contribution is -2.30. The number of piperidine rings is 1. The van der Waals surface area contributed by atoms with Crippen molar-refractivity contribution in [3.8, 4) is 5.75 Å². The van der Waals surface area contributed by atoms with Crippen molar-refractivity contribution in [3.63, 3.8) is 0 Å². The second-order valence-corrected chi connectivity index (χ2v) is 6.14. The number of anilines is 3. The van der Waals surface area contributed by atoms with Crippen LogP contribution in [0.25, 0.3) is 0 Å². The minimum absolute atomic E-state index is 0.684. The number of hydrogen-bond acceptors (Lipinski definition) is 5. The molecule has 5 nitrogen and oxygen atoms in total. The molecule has 0 bridgehead atoms. The summed E-state index contributed by atoms with van der Waals surface area (Å²) in [7, 11) is 1.63. The minimum Gasteiger partial charge on any atom is -0.495 e. The molecule has 0 radical (unpaired) electrons. The van der Waals surface area contributed by atoms with Gasteiger partial charge in [0.15, 0.2) is 0 Å². The average Bonchev–Trinajstić information content (AvgIpc) is 2.59. The highest BCUT2D eigenvalue weighted by atomic mass is 35.5. The fourth-order valence-electron chi connectivity index (χ4n) is 2.78. The predicted octanol–water partition coefficient (Wildman–Crippen LogP) is 4.18. The Morgan fingerprint density at radius 3 is 2.65 bits per heavy atom. The molecule has 1 fully saturated rings. The monoisotopic (exact) mass is 332 g/mol. The number of nitrogens with one attached hydrogen (secondary N) is 1. The summed E-state index contributed by atoms with van der Waals surface area (Å²) < 4.78 is 5.40. The SMILES string of the molecule is COc1cc(Cl)c(C)cc1Nc1cc(N2CCCCC2)ncn1. The lowest BCUT2D eigenvalue weighted by atomic mass is 10.1. The summed E-state index contributed by atoms with van der Waals surface area (Å²) in [4.78, 5) is 11.0. The van der Waals surface area contributed by atoms with Gasteiger partial charge in [-0.15, -0.1) is 0 Å². The molecule has 0 spiro atoms. The molecule has 1 aliphatic rings. The number of hydrogen-bond donors (Lipinski definition) is 1. The van der Waals surface area contributed by atoms with E-state index in [1.54, 1.807) is 13.4 Å². The molecule has 122 valence electrons. The Bertz CT molecular complexity index is 686. The van der Waals surface area contributed by atoms with Crippen molar-refractivity contribution in [2.45, 2.75) is 26.2 Å². The maximum absolute atomic E-state index is 6.15. The maximum atomic E-state index is 6.15. The van der Waals surface area contributed by atoms with E-state index in [2.05, 4.69) is 20.2 Å². The predicted molar refractivity (Wildman–Crippen MR) is 94.1 cm³/mol. The van der Waals surface area contributed by atoms with Crippen LogP contribution in [0.2, 0.25) is 5.02 Å². The zero-order valence-corrected chi connectivity index (χ0v) is 14.2. The highest BCUT2D eigenvalue weighted by molar-refractivity contribution is 6.31. The largest absolute Gasteiger partial charge is 0.495 e. The Balaban J connectivity index is 1.84. The van der Waals surface area contributed by atoms with Gasteiger partial charge in [-0.05, 0) is 37.8 Å². The summed E-state index contributed by atoms with van der Waals surface area (Å²) in [5, 5.41) is 3.99. The molecule has 0 atom stereocenters. The third-order valence-electron chi connectivity index (χ3n) is 4.08. The van der Waals surface area contributed by atoms with Gasteiger partial charge in [-0.2, -0.15) is 0 Å². The van der Waals surface area contributed by atoms with Crippen LogP contribution in [0.15, 0.2) is 24.5 Å². The molecule has 0 unspecified atom stereocenters. The summed E-state index contributed by atoms with van der Waals surface area (Å²) in [5.41, 5.74) is 1.83. The van der Waals surface area contributed by atoms with Crippen molar-refractivity contribution in [2.75, 3.05) is 30.4 Å². The Labute approximate surface area is 141 Å². The van der Waals surface area contributed by atoms with E-state index in [1.165, 1.54) is 19.3 Å². The van der Waals surface area contributed by atoms with Crippen LogP contribution in [0.4, 0.5) is 17.3 Å². The van der Waals surface area contributed by atoms with Gasteiger partial charge in [-0.3, -0.25) is 0 Å². The molecule has 2 aromatic rings. The van der Waals surface area contributed by atoms with Crippen LogP contribution in [0.5, 0.6) is 5.75 Å². The van der Waals surface area contributed by atoms with Crippen molar-refractivity contribution >= 4 is 28.9 Å². The highest BCUT2D eigenvalue weighted by Crippen LogP contribution is 2.33. The first kappa shape index (κ1) is 15.9. The number of nitrogens with zero attached hydrogens (tertiary/aromatic N) is 3. The Hall–Kier alpha value is -2.01. The first-order valence-electron chi connectivity index (χ1n) is 7.85. The van der Waals surface area contributed by atoms with Gasteiger partial charge in [0.1, 0.15) is 23.7 Å². The zero-order valence-electron chi connectivity index (χ0n) is 13.5. The molecule has 0 saturated carbocycles. The molecule has 0 amide bonds. The summed E-state index contributed by atoms with van der Waals surface area (Å²) in [6.07, 6.45) is 5.34. The number of rotatable bonds is 4. The van der Waals surface area contributed by atoms with Crippen molar-refractivity contribution < 1.29 is 4.74 Å². The number of aromatic nitrogens is 2. The molecule has 3 rings (SSSR count).